The summed E-state index contributed by atoms with van der Waals surface area (Å²) in [6, 6.07) is 0. The average Bonchev–Trinajstić information content (AvgIpc) is 2.67. The topological polar surface area (TPSA) is 15.3 Å². The Morgan fingerprint density at radius 3 is 2.47 bits per heavy atom. The number of nitrogens with zero attached hydrogens (tertiary/aromatic N) is 1. The Morgan fingerprint density at radius 1 is 1.40 bits per heavy atom. The van der Waals surface area contributed by atoms with Crippen LogP contribution in [0.2, 0.25) is 0 Å². The zero-order valence-corrected chi connectivity index (χ0v) is 10.9. The smallest absolute Gasteiger partial charge is 0.0328 e. The Kier molecular flexibility index (Phi) is 5.10. The summed E-state index contributed by atoms with van der Waals surface area (Å²) in [4.78, 5) is 2.38. The van der Waals surface area contributed by atoms with E-state index in [1.54, 1.807) is 5.54 Å². The molecular formula is C12H23ClN2. The highest BCUT2D eigenvalue weighted by Crippen LogP contribution is 2.32. The Morgan fingerprint density at radius 2 is 2.00 bits per heavy atom. The molecule has 88 valence electrons. The minimum atomic E-state index is 0.382. The molecule has 0 atom stereocenters. The Bertz CT molecular complexity index is 218. The second kappa shape index (κ2) is 5.88. The first kappa shape index (κ1) is 13.0. The summed E-state index contributed by atoms with van der Waals surface area (Å²) in [6.07, 6.45) is 5.36. The van der Waals surface area contributed by atoms with Crippen molar-refractivity contribution in [3.8, 4) is 0 Å². The van der Waals surface area contributed by atoms with E-state index in [0.717, 1.165) is 13.1 Å². The number of halogens is 1. The zero-order chi connectivity index (χ0) is 11.3. The van der Waals surface area contributed by atoms with Gasteiger partial charge >= 0.3 is 0 Å². The first-order valence-electron chi connectivity index (χ1n) is 5.75. The van der Waals surface area contributed by atoms with E-state index in [9.17, 15) is 0 Å². The van der Waals surface area contributed by atoms with E-state index in [4.69, 9.17) is 11.6 Å². The van der Waals surface area contributed by atoms with Crippen LogP contribution in [0.1, 0.15) is 32.6 Å². The summed E-state index contributed by atoms with van der Waals surface area (Å²) in [5.74, 6) is 0. The van der Waals surface area contributed by atoms with Crippen molar-refractivity contribution in [1.29, 1.82) is 0 Å². The maximum Gasteiger partial charge on any atom is 0.0328 e. The van der Waals surface area contributed by atoms with Gasteiger partial charge in [-0.05, 0) is 39.4 Å². The first-order chi connectivity index (χ1) is 7.10. The molecule has 0 aromatic heterocycles. The number of nitrogens with one attached hydrogen (secondary N) is 1. The largest absolute Gasteiger partial charge is 0.311 e. The number of hydrogen-bond donors (Lipinski definition) is 1. The van der Waals surface area contributed by atoms with Crippen LogP contribution in [-0.4, -0.2) is 37.6 Å². The summed E-state index contributed by atoms with van der Waals surface area (Å²) < 4.78 is 0. The van der Waals surface area contributed by atoms with Gasteiger partial charge in [0, 0.05) is 24.2 Å². The van der Waals surface area contributed by atoms with Gasteiger partial charge < -0.3 is 10.2 Å². The van der Waals surface area contributed by atoms with Crippen molar-refractivity contribution in [1.82, 2.24) is 10.2 Å². The van der Waals surface area contributed by atoms with Crippen molar-refractivity contribution >= 4 is 11.6 Å². The van der Waals surface area contributed by atoms with Crippen LogP contribution in [0.4, 0.5) is 0 Å². The van der Waals surface area contributed by atoms with Gasteiger partial charge in [0.25, 0.3) is 0 Å². The lowest BCUT2D eigenvalue weighted by molar-refractivity contribution is 0.155. The van der Waals surface area contributed by atoms with Crippen LogP contribution in [-0.2, 0) is 0 Å². The van der Waals surface area contributed by atoms with Crippen molar-refractivity contribution in [2.75, 3.05) is 27.2 Å². The molecule has 1 saturated carbocycles. The molecule has 0 spiro atoms. The Balaban J connectivity index is 2.39. The third kappa shape index (κ3) is 3.47. The second-order valence-electron chi connectivity index (χ2n) is 4.88. The molecule has 0 unspecified atom stereocenters. The van der Waals surface area contributed by atoms with Crippen molar-refractivity contribution in [3.63, 3.8) is 0 Å². The van der Waals surface area contributed by atoms with Crippen LogP contribution in [0.5, 0.6) is 0 Å². The Labute approximate surface area is 98.7 Å². The highest BCUT2D eigenvalue weighted by molar-refractivity contribution is 6.25. The van der Waals surface area contributed by atoms with E-state index in [1.165, 1.54) is 31.3 Å². The molecule has 1 aliphatic rings. The lowest BCUT2D eigenvalue weighted by atomic mass is 9.96. The number of rotatable bonds is 5. The van der Waals surface area contributed by atoms with Crippen molar-refractivity contribution in [3.05, 3.63) is 11.1 Å². The quantitative estimate of drug-likeness (QED) is 0.781. The van der Waals surface area contributed by atoms with E-state index < -0.39 is 0 Å². The van der Waals surface area contributed by atoms with Gasteiger partial charge in [0.05, 0.1) is 0 Å². The van der Waals surface area contributed by atoms with Crippen LogP contribution >= 0.6 is 11.6 Å². The van der Waals surface area contributed by atoms with Crippen LogP contribution in [0.25, 0.3) is 0 Å². The fraction of sp³-hybridized carbons (Fsp3) is 0.833. The molecule has 0 radical (unpaired) electrons. The molecule has 0 heterocycles. The van der Waals surface area contributed by atoms with Crippen molar-refractivity contribution < 1.29 is 0 Å². The van der Waals surface area contributed by atoms with Gasteiger partial charge in [-0.15, -0.1) is 0 Å². The van der Waals surface area contributed by atoms with Crippen molar-refractivity contribution in [2.45, 2.75) is 38.1 Å². The zero-order valence-electron chi connectivity index (χ0n) is 10.1. The van der Waals surface area contributed by atoms with Gasteiger partial charge in [0.2, 0.25) is 0 Å². The van der Waals surface area contributed by atoms with E-state index in [2.05, 4.69) is 31.2 Å². The van der Waals surface area contributed by atoms with Gasteiger partial charge in [-0.2, -0.15) is 0 Å². The second-order valence-corrected chi connectivity index (χ2v) is 5.10. The highest BCUT2D eigenvalue weighted by atomic mass is 35.5. The van der Waals surface area contributed by atoms with Crippen LogP contribution < -0.4 is 5.32 Å². The highest BCUT2D eigenvalue weighted by Gasteiger charge is 2.35. The molecule has 3 heteroatoms. The van der Waals surface area contributed by atoms with E-state index in [0.29, 0.717) is 5.54 Å². The molecular weight excluding hydrogens is 208 g/mol. The van der Waals surface area contributed by atoms with Gasteiger partial charge in [0.15, 0.2) is 0 Å². The van der Waals surface area contributed by atoms with Gasteiger partial charge in [-0.3, -0.25) is 0 Å². The molecule has 0 aromatic rings. The molecule has 0 saturated heterocycles. The minimum absolute atomic E-state index is 0.382. The van der Waals surface area contributed by atoms with E-state index in [-0.39, 0.29) is 0 Å². The molecule has 0 bridgehead atoms. The molecule has 0 aliphatic heterocycles. The van der Waals surface area contributed by atoms with Gasteiger partial charge in [0.1, 0.15) is 0 Å². The normalized spacial score (nSPS) is 21.3. The lowest BCUT2D eigenvalue weighted by Crippen LogP contribution is -2.49. The van der Waals surface area contributed by atoms with Crippen LogP contribution in [0, 0.1) is 0 Å². The molecule has 2 nitrogen and oxygen atoms in total. The molecule has 1 N–H and O–H groups in total. The average molecular weight is 231 g/mol. The van der Waals surface area contributed by atoms with E-state index >= 15 is 0 Å². The SMILES string of the molecule is CC(=CCl)CNCC1(N(C)C)CCCC1. The lowest BCUT2D eigenvalue weighted by Gasteiger charge is -2.36. The third-order valence-electron chi connectivity index (χ3n) is 3.53. The Hall–Kier alpha value is -0.0500. The maximum atomic E-state index is 5.63. The number of hydrogen-bond acceptors (Lipinski definition) is 2. The van der Waals surface area contributed by atoms with E-state index in [1.807, 2.05) is 0 Å². The summed E-state index contributed by atoms with van der Waals surface area (Å²) in [5, 5.41) is 3.51. The summed E-state index contributed by atoms with van der Waals surface area (Å²) in [7, 11) is 4.38. The predicted octanol–water partition coefficient (Wildman–Crippen LogP) is 2.59. The summed E-state index contributed by atoms with van der Waals surface area (Å²) >= 11 is 5.63. The predicted molar refractivity (Wildman–Crippen MR) is 67.4 cm³/mol. The summed E-state index contributed by atoms with van der Waals surface area (Å²) in [6.45, 7) is 4.03. The third-order valence-corrected chi connectivity index (χ3v) is 3.90. The van der Waals surface area contributed by atoms with Gasteiger partial charge in [-0.1, -0.05) is 24.4 Å². The fourth-order valence-electron chi connectivity index (χ4n) is 2.35. The minimum Gasteiger partial charge on any atom is -0.311 e. The van der Waals surface area contributed by atoms with Crippen molar-refractivity contribution in [2.24, 2.45) is 0 Å². The molecule has 0 amide bonds. The number of likely N-dealkylation sites (N-methyl/N-ethyl adjacent to an activating group) is 1. The summed E-state index contributed by atoms with van der Waals surface area (Å²) in [5.41, 5.74) is 3.24. The van der Waals surface area contributed by atoms with Crippen LogP contribution in [0.3, 0.4) is 0 Å². The maximum absolute atomic E-state index is 5.63. The molecule has 1 rings (SSSR count). The first-order valence-corrected chi connectivity index (χ1v) is 6.18. The van der Waals surface area contributed by atoms with Crippen LogP contribution in [0.15, 0.2) is 11.1 Å². The fourth-order valence-corrected chi connectivity index (χ4v) is 2.42. The molecule has 1 aliphatic carbocycles. The molecule has 15 heavy (non-hydrogen) atoms. The monoisotopic (exact) mass is 230 g/mol. The standard InChI is InChI=1S/C12H23ClN2/c1-11(8-13)9-14-10-12(15(2)3)6-4-5-7-12/h8,14H,4-7,9-10H2,1-3H3. The van der Waals surface area contributed by atoms with Gasteiger partial charge in [-0.25, -0.2) is 0 Å². The molecule has 0 aromatic carbocycles. The molecule has 1 fully saturated rings.